The van der Waals surface area contributed by atoms with Gasteiger partial charge < -0.3 is 10.2 Å². The number of carbonyl (C=O) groups is 1. The Bertz CT molecular complexity index is 983. The average Bonchev–Trinajstić information content (AvgIpc) is 3.48. The van der Waals surface area contributed by atoms with Gasteiger partial charge in [0.1, 0.15) is 5.82 Å². The van der Waals surface area contributed by atoms with Gasteiger partial charge in [-0.25, -0.2) is 4.98 Å². The number of hydrogen-bond donors (Lipinski definition) is 1. The van der Waals surface area contributed by atoms with Crippen molar-refractivity contribution >= 4 is 11.6 Å². The van der Waals surface area contributed by atoms with Gasteiger partial charge >= 0.3 is 0 Å². The first-order chi connectivity index (χ1) is 14.2. The molecule has 0 atom stereocenters. The monoisotopic (exact) mass is 392 g/mol. The molecule has 1 amide bonds. The van der Waals surface area contributed by atoms with Crippen molar-refractivity contribution in [1.29, 1.82) is 0 Å². The number of aryl methyl sites for hydroxylation is 2. The molecule has 0 aliphatic carbocycles. The predicted molar refractivity (Wildman–Crippen MR) is 114 cm³/mol. The fourth-order valence-electron chi connectivity index (χ4n) is 3.96. The molecule has 7 heteroatoms. The van der Waals surface area contributed by atoms with Crippen LogP contribution in [0.1, 0.15) is 31.2 Å². The summed E-state index contributed by atoms with van der Waals surface area (Å²) in [5, 5.41) is 7.09. The Labute approximate surface area is 171 Å². The molecule has 7 nitrogen and oxygen atoms in total. The van der Waals surface area contributed by atoms with Crippen molar-refractivity contribution in [2.75, 3.05) is 25.0 Å². The van der Waals surface area contributed by atoms with Gasteiger partial charge in [0, 0.05) is 62.9 Å². The topological polar surface area (TPSA) is 68.0 Å². The molecule has 0 bridgehead atoms. The second kappa shape index (κ2) is 8.51. The van der Waals surface area contributed by atoms with Gasteiger partial charge in [0.2, 0.25) is 5.91 Å². The number of nitrogens with one attached hydrogen (secondary N) is 1. The fourth-order valence-corrected chi connectivity index (χ4v) is 3.96. The van der Waals surface area contributed by atoms with Gasteiger partial charge in [-0.15, -0.1) is 0 Å². The van der Waals surface area contributed by atoms with Crippen LogP contribution in [0.3, 0.4) is 0 Å². The van der Waals surface area contributed by atoms with Crippen molar-refractivity contribution in [2.45, 2.75) is 39.2 Å². The summed E-state index contributed by atoms with van der Waals surface area (Å²) in [6, 6.07) is 6.60. The molecule has 0 unspecified atom stereocenters. The van der Waals surface area contributed by atoms with Gasteiger partial charge in [-0.05, 0) is 49.9 Å². The van der Waals surface area contributed by atoms with Crippen LogP contribution in [0.25, 0.3) is 17.1 Å². The molecule has 152 valence electrons. The summed E-state index contributed by atoms with van der Waals surface area (Å²) in [5.41, 5.74) is 4.68. The van der Waals surface area contributed by atoms with Crippen LogP contribution < -0.4 is 10.2 Å². The quantitative estimate of drug-likeness (QED) is 0.671. The third-order valence-corrected chi connectivity index (χ3v) is 5.51. The van der Waals surface area contributed by atoms with Crippen LogP contribution in [-0.2, 0) is 11.3 Å². The van der Waals surface area contributed by atoms with E-state index in [1.807, 2.05) is 29.5 Å². The Balaban J connectivity index is 1.52. The Morgan fingerprint density at radius 3 is 2.83 bits per heavy atom. The molecule has 1 fully saturated rings. The van der Waals surface area contributed by atoms with E-state index in [-0.39, 0.29) is 5.91 Å². The van der Waals surface area contributed by atoms with E-state index < -0.39 is 0 Å². The lowest BCUT2D eigenvalue weighted by Crippen LogP contribution is -2.18. The van der Waals surface area contributed by atoms with Crippen molar-refractivity contribution in [3.05, 3.63) is 48.5 Å². The molecule has 1 aromatic carbocycles. The third kappa shape index (κ3) is 4.18. The predicted octanol–water partition coefficient (Wildman–Crippen LogP) is 3.17. The number of rotatable bonds is 7. The first-order valence-corrected chi connectivity index (χ1v) is 10.3. The molecule has 1 N–H and O–H groups in total. The second-order valence-electron chi connectivity index (χ2n) is 7.55. The highest BCUT2D eigenvalue weighted by Crippen LogP contribution is 2.29. The van der Waals surface area contributed by atoms with Crippen LogP contribution in [0.5, 0.6) is 0 Å². The summed E-state index contributed by atoms with van der Waals surface area (Å²) in [7, 11) is 1.66. The highest BCUT2D eigenvalue weighted by Gasteiger charge is 2.16. The van der Waals surface area contributed by atoms with Crippen molar-refractivity contribution in [3.8, 4) is 17.1 Å². The maximum atomic E-state index is 11.4. The molecule has 0 radical (unpaired) electrons. The number of amides is 1. The molecule has 1 aliphatic rings. The van der Waals surface area contributed by atoms with E-state index in [2.05, 4.69) is 50.0 Å². The summed E-state index contributed by atoms with van der Waals surface area (Å²) in [6.07, 6.45) is 11.4. The Hall–Kier alpha value is -3.09. The number of carbonyl (C=O) groups excluding carboxylic acids is 1. The zero-order valence-electron chi connectivity index (χ0n) is 17.1. The van der Waals surface area contributed by atoms with Gasteiger partial charge in [0.15, 0.2) is 0 Å². The minimum atomic E-state index is 0.0574. The summed E-state index contributed by atoms with van der Waals surface area (Å²) < 4.78 is 3.94. The second-order valence-corrected chi connectivity index (χ2v) is 7.55. The summed E-state index contributed by atoms with van der Waals surface area (Å²) >= 11 is 0. The van der Waals surface area contributed by atoms with E-state index in [9.17, 15) is 4.79 Å². The van der Waals surface area contributed by atoms with E-state index in [1.54, 1.807) is 7.05 Å². The number of hydrogen-bond acceptors (Lipinski definition) is 4. The molecular formula is C22H28N6O. The average molecular weight is 393 g/mol. The highest BCUT2D eigenvalue weighted by atomic mass is 16.1. The van der Waals surface area contributed by atoms with Crippen LogP contribution in [0.2, 0.25) is 0 Å². The van der Waals surface area contributed by atoms with Gasteiger partial charge in [-0.2, -0.15) is 5.10 Å². The first kappa shape index (κ1) is 19.2. The molecule has 2 aromatic heterocycles. The van der Waals surface area contributed by atoms with Crippen molar-refractivity contribution in [2.24, 2.45) is 0 Å². The minimum Gasteiger partial charge on any atom is -0.371 e. The van der Waals surface area contributed by atoms with Crippen LogP contribution in [0.4, 0.5) is 5.69 Å². The largest absolute Gasteiger partial charge is 0.371 e. The van der Waals surface area contributed by atoms with Crippen LogP contribution >= 0.6 is 0 Å². The maximum absolute atomic E-state index is 11.4. The fraction of sp³-hybridized carbons (Fsp3) is 0.409. The van der Waals surface area contributed by atoms with E-state index in [1.165, 1.54) is 24.1 Å². The summed E-state index contributed by atoms with van der Waals surface area (Å²) in [5.74, 6) is 0.966. The summed E-state index contributed by atoms with van der Waals surface area (Å²) in [4.78, 5) is 18.4. The highest BCUT2D eigenvalue weighted by molar-refractivity contribution is 5.75. The lowest BCUT2D eigenvalue weighted by Gasteiger charge is -2.20. The molecule has 1 aliphatic heterocycles. The first-order valence-electron chi connectivity index (χ1n) is 10.3. The van der Waals surface area contributed by atoms with Crippen molar-refractivity contribution in [3.63, 3.8) is 0 Å². The van der Waals surface area contributed by atoms with Gasteiger partial charge in [0.05, 0.1) is 11.9 Å². The van der Waals surface area contributed by atoms with Crippen LogP contribution in [-0.4, -0.2) is 45.4 Å². The molecule has 29 heavy (non-hydrogen) atoms. The molecular weight excluding hydrogens is 364 g/mol. The zero-order valence-corrected chi connectivity index (χ0v) is 17.1. The number of benzene rings is 1. The van der Waals surface area contributed by atoms with Gasteiger partial charge in [-0.1, -0.05) is 0 Å². The lowest BCUT2D eigenvalue weighted by atomic mass is 10.1. The lowest BCUT2D eigenvalue weighted by molar-refractivity contribution is -0.120. The number of aromatic nitrogens is 4. The zero-order chi connectivity index (χ0) is 20.2. The summed E-state index contributed by atoms with van der Waals surface area (Å²) in [6.45, 7) is 5.18. The Morgan fingerprint density at radius 2 is 2.07 bits per heavy atom. The Morgan fingerprint density at radius 1 is 1.24 bits per heavy atom. The molecule has 0 saturated carbocycles. The number of anilines is 1. The van der Waals surface area contributed by atoms with Gasteiger partial charge in [0.25, 0.3) is 0 Å². The molecule has 0 spiro atoms. The standard InChI is InChI=1S/C22H28N6O/c1-17-14-18(7-8-20(17)26-10-3-4-11-26)22-24-9-13-28(22)19-15-25-27(16-19)12-5-6-21(29)23-2/h7-9,13-16H,3-6,10-12H2,1-2H3,(H,23,29). The van der Waals surface area contributed by atoms with Crippen LogP contribution in [0, 0.1) is 6.92 Å². The molecule has 3 aromatic rings. The van der Waals surface area contributed by atoms with Crippen molar-refractivity contribution in [1.82, 2.24) is 24.6 Å². The van der Waals surface area contributed by atoms with Gasteiger partial charge in [-0.3, -0.25) is 14.0 Å². The van der Waals surface area contributed by atoms with Crippen molar-refractivity contribution < 1.29 is 4.79 Å². The normalized spacial score (nSPS) is 13.8. The smallest absolute Gasteiger partial charge is 0.219 e. The maximum Gasteiger partial charge on any atom is 0.219 e. The van der Waals surface area contributed by atoms with E-state index >= 15 is 0 Å². The van der Waals surface area contributed by atoms with E-state index in [0.717, 1.165) is 36.6 Å². The van der Waals surface area contributed by atoms with E-state index in [0.29, 0.717) is 13.0 Å². The molecule has 1 saturated heterocycles. The SMILES string of the molecule is CNC(=O)CCCn1cc(-n2ccnc2-c2ccc(N3CCCC3)c(C)c2)cn1. The van der Waals surface area contributed by atoms with E-state index in [4.69, 9.17) is 0 Å². The third-order valence-electron chi connectivity index (χ3n) is 5.51. The number of nitrogens with zero attached hydrogens (tertiary/aromatic N) is 5. The number of imidazole rings is 1. The molecule has 4 rings (SSSR count). The Kier molecular flexibility index (Phi) is 5.64. The molecule has 3 heterocycles. The van der Waals surface area contributed by atoms with Crippen LogP contribution in [0.15, 0.2) is 43.0 Å². The minimum absolute atomic E-state index is 0.0574.